The predicted octanol–water partition coefficient (Wildman–Crippen LogP) is 2.80. The molecular formula is C22H21N5O4. The first-order valence-corrected chi connectivity index (χ1v) is 10.2. The number of aromatic nitrogens is 4. The Bertz CT molecular complexity index is 1100. The van der Waals surface area contributed by atoms with Gasteiger partial charge in [0.25, 0.3) is 0 Å². The molecule has 0 radical (unpaired) electrons. The summed E-state index contributed by atoms with van der Waals surface area (Å²) in [6.07, 6.45) is 6.67. The molecule has 1 unspecified atom stereocenters. The third-order valence-corrected chi connectivity index (χ3v) is 6.04. The van der Waals surface area contributed by atoms with E-state index in [1.165, 1.54) is 12.3 Å². The Hall–Kier alpha value is -3.75. The van der Waals surface area contributed by atoms with Gasteiger partial charge in [-0.05, 0) is 54.5 Å². The second-order valence-electron chi connectivity index (χ2n) is 8.03. The zero-order chi connectivity index (χ0) is 21.4. The average molecular weight is 419 g/mol. The second kappa shape index (κ2) is 7.82. The summed E-state index contributed by atoms with van der Waals surface area (Å²) in [5.74, 6) is 0.422. The summed E-state index contributed by atoms with van der Waals surface area (Å²) in [4.78, 5) is 25.4. The number of ether oxygens (including phenoxy) is 1. The van der Waals surface area contributed by atoms with E-state index in [9.17, 15) is 9.59 Å². The van der Waals surface area contributed by atoms with E-state index < -0.39 is 5.97 Å². The van der Waals surface area contributed by atoms with Gasteiger partial charge in [-0.1, -0.05) is 12.1 Å². The molecule has 158 valence electrons. The van der Waals surface area contributed by atoms with Crippen molar-refractivity contribution < 1.29 is 19.4 Å². The highest BCUT2D eigenvalue weighted by atomic mass is 16.5. The molecule has 3 atom stereocenters. The van der Waals surface area contributed by atoms with Crippen LogP contribution in [0.25, 0.3) is 11.1 Å². The average Bonchev–Trinajstić information content (AvgIpc) is 3.49. The smallest absolute Gasteiger partial charge is 0.356 e. The number of hydrogen-bond donors (Lipinski definition) is 1. The van der Waals surface area contributed by atoms with Gasteiger partial charge in [0.15, 0.2) is 5.69 Å². The molecule has 1 saturated carbocycles. The van der Waals surface area contributed by atoms with Crippen LogP contribution >= 0.6 is 0 Å². The lowest BCUT2D eigenvalue weighted by atomic mass is 10.0. The topological polar surface area (TPSA) is 110 Å². The molecule has 1 N–H and O–H groups in total. The van der Waals surface area contributed by atoms with Crippen LogP contribution in [0.1, 0.15) is 23.3 Å². The monoisotopic (exact) mass is 419 g/mol. The molecule has 0 bridgehead atoms. The number of carbonyl (C=O) groups is 2. The van der Waals surface area contributed by atoms with E-state index in [0.717, 1.165) is 34.4 Å². The van der Waals surface area contributed by atoms with E-state index in [0.29, 0.717) is 24.9 Å². The minimum atomic E-state index is -1.14. The van der Waals surface area contributed by atoms with E-state index in [4.69, 9.17) is 9.84 Å². The lowest BCUT2D eigenvalue weighted by Crippen LogP contribution is -2.34. The minimum Gasteiger partial charge on any atom is -0.490 e. The minimum absolute atomic E-state index is 0.112. The van der Waals surface area contributed by atoms with Crippen molar-refractivity contribution in [2.45, 2.75) is 18.9 Å². The number of likely N-dealkylation sites (tertiary alicyclic amines) is 1. The van der Waals surface area contributed by atoms with Gasteiger partial charge in [0, 0.05) is 24.8 Å². The van der Waals surface area contributed by atoms with Crippen molar-refractivity contribution in [3.8, 4) is 16.9 Å². The molecule has 1 aliphatic heterocycles. The Morgan fingerprint density at radius 2 is 1.84 bits per heavy atom. The van der Waals surface area contributed by atoms with Gasteiger partial charge in [0.05, 0.1) is 18.5 Å². The number of carboxylic acid groups (broad SMARTS) is 1. The fourth-order valence-corrected chi connectivity index (χ4v) is 4.59. The number of carbonyl (C=O) groups excluding carboxylic acids is 1. The van der Waals surface area contributed by atoms with E-state index >= 15 is 0 Å². The van der Waals surface area contributed by atoms with Crippen LogP contribution in [-0.2, 0) is 0 Å². The lowest BCUT2D eigenvalue weighted by Gasteiger charge is -2.20. The maximum Gasteiger partial charge on any atom is 0.356 e. The summed E-state index contributed by atoms with van der Waals surface area (Å²) >= 11 is 0. The molecule has 1 aliphatic carbocycles. The normalized spacial score (nSPS) is 22.3. The van der Waals surface area contributed by atoms with Gasteiger partial charge in [-0.15, -0.1) is 0 Å². The van der Waals surface area contributed by atoms with Crippen molar-refractivity contribution in [3.63, 3.8) is 0 Å². The van der Waals surface area contributed by atoms with Crippen LogP contribution < -0.4 is 4.74 Å². The Kier molecular flexibility index (Phi) is 4.85. The molecule has 1 aromatic carbocycles. The Balaban J connectivity index is 1.20. The maximum atomic E-state index is 12.7. The highest BCUT2D eigenvalue weighted by Gasteiger charge is 2.43. The first kappa shape index (κ1) is 19.2. The predicted molar refractivity (Wildman–Crippen MR) is 110 cm³/mol. The molecule has 0 spiro atoms. The number of rotatable bonds is 4. The van der Waals surface area contributed by atoms with Crippen LogP contribution in [0.5, 0.6) is 5.75 Å². The van der Waals surface area contributed by atoms with E-state index in [1.807, 2.05) is 30.3 Å². The fraction of sp³-hybridized carbons (Fsp3) is 0.318. The summed E-state index contributed by atoms with van der Waals surface area (Å²) in [7, 11) is 0. The molecule has 31 heavy (non-hydrogen) atoms. The van der Waals surface area contributed by atoms with Gasteiger partial charge in [-0.2, -0.15) is 20.0 Å². The molecule has 5 rings (SSSR count). The van der Waals surface area contributed by atoms with Gasteiger partial charge in [-0.25, -0.2) is 9.59 Å². The SMILES string of the molecule is O=C(O)c1ccn(C(=O)N2C[C@H]3CC(Oc4cccc(-c5ccnnc5)c4)C[C@H]3C2)n1. The van der Waals surface area contributed by atoms with Crippen molar-refractivity contribution in [3.05, 3.63) is 60.7 Å². The van der Waals surface area contributed by atoms with E-state index in [-0.39, 0.29) is 17.8 Å². The number of fused-ring (bicyclic) bond motifs is 1. The fourth-order valence-electron chi connectivity index (χ4n) is 4.59. The number of aromatic carboxylic acids is 1. The van der Waals surface area contributed by atoms with Crippen LogP contribution in [0.3, 0.4) is 0 Å². The van der Waals surface area contributed by atoms with Gasteiger partial charge >= 0.3 is 12.0 Å². The third kappa shape index (κ3) is 3.86. The van der Waals surface area contributed by atoms with Crippen molar-refractivity contribution in [1.82, 2.24) is 24.9 Å². The number of benzene rings is 1. The van der Waals surface area contributed by atoms with Gasteiger partial charge in [0.2, 0.25) is 0 Å². The molecule has 1 saturated heterocycles. The van der Waals surface area contributed by atoms with Gasteiger partial charge in [0.1, 0.15) is 5.75 Å². The summed E-state index contributed by atoms with van der Waals surface area (Å²) in [5, 5.41) is 20.6. The Labute approximate surface area is 178 Å². The molecule has 3 heterocycles. The zero-order valence-corrected chi connectivity index (χ0v) is 16.7. The van der Waals surface area contributed by atoms with Crippen LogP contribution in [0.2, 0.25) is 0 Å². The standard InChI is InChI=1S/C22H21N5O4/c28-21(29)20-5-7-27(25-20)22(30)26-12-16-9-19(10-17(16)13-26)31-18-3-1-2-14(8-18)15-4-6-23-24-11-15/h1-8,11,16-17,19H,9-10,12-13H2,(H,28,29)/t16-,17+,19?. The highest BCUT2D eigenvalue weighted by Crippen LogP contribution is 2.40. The van der Waals surface area contributed by atoms with Crippen molar-refractivity contribution >= 4 is 12.0 Å². The highest BCUT2D eigenvalue weighted by molar-refractivity contribution is 5.86. The molecule has 9 nitrogen and oxygen atoms in total. The maximum absolute atomic E-state index is 12.7. The van der Waals surface area contributed by atoms with E-state index in [2.05, 4.69) is 15.3 Å². The Morgan fingerprint density at radius 1 is 1.03 bits per heavy atom. The van der Waals surface area contributed by atoms with Crippen LogP contribution in [0.15, 0.2) is 55.0 Å². The second-order valence-corrected chi connectivity index (χ2v) is 8.03. The summed E-state index contributed by atoms with van der Waals surface area (Å²) in [6, 6.07) is 10.9. The third-order valence-electron chi connectivity index (χ3n) is 6.04. The van der Waals surface area contributed by atoms with Crippen LogP contribution in [0, 0.1) is 11.8 Å². The van der Waals surface area contributed by atoms with Crippen LogP contribution in [0.4, 0.5) is 4.79 Å². The van der Waals surface area contributed by atoms with Crippen molar-refractivity contribution in [2.75, 3.05) is 13.1 Å². The van der Waals surface area contributed by atoms with Gasteiger partial charge in [-0.3, -0.25) is 0 Å². The molecule has 2 fully saturated rings. The van der Waals surface area contributed by atoms with Crippen molar-refractivity contribution in [2.24, 2.45) is 11.8 Å². The zero-order valence-electron chi connectivity index (χ0n) is 16.7. The Morgan fingerprint density at radius 3 is 2.52 bits per heavy atom. The largest absolute Gasteiger partial charge is 0.490 e. The molecule has 1 amide bonds. The van der Waals surface area contributed by atoms with Crippen LogP contribution in [-0.4, -0.2) is 61.2 Å². The number of amides is 1. The molecule has 9 heteroatoms. The summed E-state index contributed by atoms with van der Waals surface area (Å²) in [6.45, 7) is 1.27. The van der Waals surface area contributed by atoms with Gasteiger partial charge < -0.3 is 14.7 Å². The molecule has 3 aromatic rings. The summed E-state index contributed by atoms with van der Waals surface area (Å²) in [5.41, 5.74) is 1.89. The van der Waals surface area contributed by atoms with Crippen molar-refractivity contribution in [1.29, 1.82) is 0 Å². The number of hydrogen-bond acceptors (Lipinski definition) is 6. The number of carboxylic acids is 1. The first-order valence-electron chi connectivity index (χ1n) is 10.2. The first-order chi connectivity index (χ1) is 15.1. The summed E-state index contributed by atoms with van der Waals surface area (Å²) < 4.78 is 7.37. The molecule has 2 aliphatic rings. The quantitative estimate of drug-likeness (QED) is 0.692. The molecule has 2 aromatic heterocycles. The number of nitrogens with zero attached hydrogens (tertiary/aromatic N) is 5. The molecular weight excluding hydrogens is 398 g/mol. The lowest BCUT2D eigenvalue weighted by molar-refractivity contribution is 0.0690. The van der Waals surface area contributed by atoms with E-state index in [1.54, 1.807) is 17.3 Å².